The Morgan fingerprint density at radius 3 is 2.28 bits per heavy atom. The van der Waals surface area contributed by atoms with Gasteiger partial charge in [0.25, 0.3) is 12.3 Å². The normalized spacial score (nSPS) is 13.8. The lowest BCUT2D eigenvalue weighted by Crippen LogP contribution is -2.46. The number of H-pyrrole nitrogens is 1. The molecule has 0 saturated carbocycles. The van der Waals surface area contributed by atoms with E-state index in [4.69, 9.17) is 0 Å². The monoisotopic (exact) mass is 441 g/mol. The summed E-state index contributed by atoms with van der Waals surface area (Å²) in [5, 5.41) is 0. The number of hydrogen-bond donors (Lipinski definition) is 1. The van der Waals surface area contributed by atoms with E-state index in [2.05, 4.69) is 4.98 Å². The number of amides is 1. The van der Waals surface area contributed by atoms with Crippen molar-refractivity contribution in [3.63, 3.8) is 0 Å². The molecular formula is C24H22F3N3O2. The number of benzene rings is 2. The second-order valence-electron chi connectivity index (χ2n) is 8.07. The molecule has 0 atom stereocenters. The Hall–Kier alpha value is -3.55. The van der Waals surface area contributed by atoms with Crippen LogP contribution in [0.25, 0.3) is 0 Å². The van der Waals surface area contributed by atoms with Crippen molar-refractivity contribution < 1.29 is 18.0 Å². The molecule has 0 saturated heterocycles. The largest absolute Gasteiger partial charge is 0.324 e. The molecular weight excluding hydrogens is 419 g/mol. The number of nitrogens with zero attached hydrogens (tertiary/aromatic N) is 2. The summed E-state index contributed by atoms with van der Waals surface area (Å²) < 4.78 is 40.9. The highest BCUT2D eigenvalue weighted by molar-refractivity contribution is 6.12. The number of hydrogen-bond acceptors (Lipinski definition) is 3. The molecule has 0 fully saturated rings. The van der Waals surface area contributed by atoms with Crippen LogP contribution in [0.4, 0.5) is 30.2 Å². The van der Waals surface area contributed by atoms with E-state index in [0.29, 0.717) is 28.3 Å². The van der Waals surface area contributed by atoms with Crippen LogP contribution < -0.4 is 15.4 Å². The van der Waals surface area contributed by atoms with Crippen LogP contribution in [0, 0.1) is 12.7 Å². The Morgan fingerprint density at radius 1 is 0.906 bits per heavy atom. The summed E-state index contributed by atoms with van der Waals surface area (Å²) >= 11 is 0. The van der Waals surface area contributed by atoms with E-state index in [1.54, 1.807) is 24.0 Å². The van der Waals surface area contributed by atoms with Crippen LogP contribution in [0.2, 0.25) is 0 Å². The first-order valence-electron chi connectivity index (χ1n) is 10.2. The Bertz CT molecular complexity index is 1250. The van der Waals surface area contributed by atoms with Gasteiger partial charge in [-0.25, -0.2) is 13.2 Å². The van der Waals surface area contributed by atoms with E-state index in [-0.39, 0.29) is 35.2 Å². The number of rotatable bonds is 4. The molecule has 1 aliphatic heterocycles. The van der Waals surface area contributed by atoms with Crippen molar-refractivity contribution in [2.45, 2.75) is 33.1 Å². The molecule has 1 aromatic heterocycles. The lowest BCUT2D eigenvalue weighted by molar-refractivity contribution is 0.0982. The Kier molecular flexibility index (Phi) is 5.54. The van der Waals surface area contributed by atoms with Crippen LogP contribution in [0.3, 0.4) is 0 Å². The second kappa shape index (κ2) is 8.18. The van der Waals surface area contributed by atoms with Crippen molar-refractivity contribution >= 4 is 23.0 Å². The van der Waals surface area contributed by atoms with E-state index in [1.165, 1.54) is 41.3 Å². The van der Waals surface area contributed by atoms with Crippen LogP contribution >= 0.6 is 0 Å². The van der Waals surface area contributed by atoms with Crippen molar-refractivity contribution in [1.82, 2.24) is 4.98 Å². The van der Waals surface area contributed by atoms with Gasteiger partial charge in [0.15, 0.2) is 0 Å². The average Bonchev–Trinajstić information content (AvgIpc) is 2.74. The lowest BCUT2D eigenvalue weighted by Gasteiger charge is -2.39. The topological polar surface area (TPSA) is 56.4 Å². The highest BCUT2D eigenvalue weighted by atomic mass is 19.3. The third-order valence-electron chi connectivity index (χ3n) is 5.60. The molecule has 8 heteroatoms. The van der Waals surface area contributed by atoms with Gasteiger partial charge in [-0.05, 0) is 54.8 Å². The molecule has 0 bridgehead atoms. The zero-order valence-electron chi connectivity index (χ0n) is 17.8. The minimum Gasteiger partial charge on any atom is -0.324 e. The maximum absolute atomic E-state index is 14.0. The molecule has 2 aromatic carbocycles. The Morgan fingerprint density at radius 2 is 1.62 bits per heavy atom. The number of carbonyl (C=O) groups excluding carboxylic acids is 1. The third kappa shape index (κ3) is 3.77. The summed E-state index contributed by atoms with van der Waals surface area (Å²) in [6.07, 6.45) is -2.70. The maximum Gasteiger partial charge on any atom is 0.263 e. The van der Waals surface area contributed by atoms with Gasteiger partial charge in [0.2, 0.25) is 5.56 Å². The van der Waals surface area contributed by atoms with E-state index >= 15 is 0 Å². The van der Waals surface area contributed by atoms with E-state index < -0.39 is 12.2 Å². The van der Waals surface area contributed by atoms with Gasteiger partial charge >= 0.3 is 0 Å². The van der Waals surface area contributed by atoms with Crippen molar-refractivity contribution in [3.05, 3.63) is 87.1 Å². The summed E-state index contributed by atoms with van der Waals surface area (Å²) in [6.45, 7) is 5.51. The maximum atomic E-state index is 14.0. The molecule has 0 spiro atoms. The van der Waals surface area contributed by atoms with Gasteiger partial charge in [-0.3, -0.25) is 14.5 Å². The van der Waals surface area contributed by atoms with E-state index in [0.717, 1.165) is 0 Å². The van der Waals surface area contributed by atoms with Crippen molar-refractivity contribution in [2.75, 3.05) is 16.5 Å². The molecule has 1 amide bonds. The van der Waals surface area contributed by atoms with Gasteiger partial charge in [-0.15, -0.1) is 0 Å². The summed E-state index contributed by atoms with van der Waals surface area (Å²) in [7, 11) is 0. The first-order valence-corrected chi connectivity index (χ1v) is 10.2. The Balaban J connectivity index is 1.94. The molecule has 32 heavy (non-hydrogen) atoms. The molecule has 1 N–H and O–H groups in total. The van der Waals surface area contributed by atoms with Crippen molar-refractivity contribution in [2.24, 2.45) is 0 Å². The fraction of sp³-hybridized carbons (Fsp3) is 0.250. The van der Waals surface area contributed by atoms with Crippen LogP contribution in [-0.2, 0) is 0 Å². The second-order valence-corrected chi connectivity index (χ2v) is 8.07. The Labute approximate surface area is 183 Å². The molecule has 2 heterocycles. The zero-order valence-corrected chi connectivity index (χ0v) is 17.8. The fourth-order valence-electron chi connectivity index (χ4n) is 4.00. The summed E-state index contributed by atoms with van der Waals surface area (Å²) in [5.41, 5.74) is 2.38. The first kappa shape index (κ1) is 21.7. The van der Waals surface area contributed by atoms with Crippen LogP contribution in [0.5, 0.6) is 0 Å². The number of alkyl halides is 2. The van der Waals surface area contributed by atoms with Crippen molar-refractivity contribution in [1.29, 1.82) is 0 Å². The number of nitrogens with one attached hydrogen (secondary N) is 1. The minimum atomic E-state index is -2.70. The highest BCUT2D eigenvalue weighted by Gasteiger charge is 2.33. The quantitative estimate of drug-likeness (QED) is 0.570. The lowest BCUT2D eigenvalue weighted by atomic mass is 9.97. The molecule has 4 rings (SSSR count). The van der Waals surface area contributed by atoms with Gasteiger partial charge in [-0.1, -0.05) is 19.9 Å². The van der Waals surface area contributed by atoms with Crippen molar-refractivity contribution in [3.8, 4) is 0 Å². The number of carbonyl (C=O) groups is 1. The molecule has 3 aromatic rings. The van der Waals surface area contributed by atoms with E-state index in [9.17, 15) is 22.8 Å². The summed E-state index contributed by atoms with van der Waals surface area (Å²) in [4.78, 5) is 30.9. The zero-order chi connectivity index (χ0) is 23.2. The van der Waals surface area contributed by atoms with Crippen LogP contribution in [0.15, 0.2) is 53.3 Å². The smallest absolute Gasteiger partial charge is 0.263 e. The number of pyridine rings is 1. The number of halogens is 3. The molecule has 0 aliphatic carbocycles. The predicted molar refractivity (Wildman–Crippen MR) is 118 cm³/mol. The van der Waals surface area contributed by atoms with Gasteiger partial charge in [-0.2, -0.15) is 0 Å². The molecule has 166 valence electrons. The molecule has 0 unspecified atom stereocenters. The third-order valence-corrected chi connectivity index (χ3v) is 5.60. The van der Waals surface area contributed by atoms with Gasteiger partial charge in [0.05, 0.1) is 16.9 Å². The molecule has 5 nitrogen and oxygen atoms in total. The molecule has 1 aliphatic rings. The van der Waals surface area contributed by atoms with E-state index in [1.807, 2.05) is 13.8 Å². The molecule has 0 radical (unpaired) electrons. The van der Waals surface area contributed by atoms with Gasteiger partial charge in [0, 0.05) is 23.0 Å². The van der Waals surface area contributed by atoms with Gasteiger partial charge < -0.3 is 9.88 Å². The first-order chi connectivity index (χ1) is 15.2. The number of fused-ring (bicyclic) bond motifs is 1. The number of aromatic amines is 1. The summed E-state index contributed by atoms with van der Waals surface area (Å²) in [6, 6.07) is 11.1. The highest BCUT2D eigenvalue weighted by Crippen LogP contribution is 2.41. The standard InChI is InChI=1S/C24H22F3N3O2/c1-13(2)18-11-16(25)5-7-20(18)29-12-30(19-8-9-22(31)28-14(19)3)24(32)17-6-4-15(23(26)27)10-21(17)29/h4-11,13,23H,12H2,1-3H3,(H,28,31). The number of aromatic nitrogens is 1. The number of anilines is 3. The predicted octanol–water partition coefficient (Wildman–Crippen LogP) is 5.64. The fourth-order valence-corrected chi connectivity index (χ4v) is 4.00. The van der Waals surface area contributed by atoms with Gasteiger partial charge in [0.1, 0.15) is 12.5 Å². The summed E-state index contributed by atoms with van der Waals surface area (Å²) in [5.74, 6) is -0.829. The van der Waals surface area contributed by atoms with Crippen LogP contribution in [0.1, 0.15) is 53.4 Å². The van der Waals surface area contributed by atoms with Crippen LogP contribution in [-0.4, -0.2) is 17.6 Å². The minimum absolute atomic E-state index is 0.0107. The number of aryl methyl sites for hydroxylation is 1. The SMILES string of the molecule is Cc1[nH]c(=O)ccc1N1CN(c2ccc(F)cc2C(C)C)c2cc(C(F)F)ccc2C1=O. The average molecular weight is 441 g/mol.